The molecule has 0 aliphatic heterocycles. The summed E-state index contributed by atoms with van der Waals surface area (Å²) in [6.07, 6.45) is 0. The monoisotopic (exact) mass is 438 g/mol. The number of nitrogens with zero attached hydrogens (tertiary/aromatic N) is 3. The maximum atomic E-state index is 12.7. The number of rotatable bonds is 7. The number of carbonyl (C=O) groups is 1. The first-order valence-electron chi connectivity index (χ1n) is 9.76. The maximum Gasteiger partial charge on any atom is 0.323 e. The van der Waals surface area contributed by atoms with E-state index in [2.05, 4.69) is 25.5 Å². The Kier molecular flexibility index (Phi) is 5.81. The van der Waals surface area contributed by atoms with Gasteiger partial charge in [0.1, 0.15) is 5.75 Å². The number of thioether (sulfide) groups is 1. The summed E-state index contributed by atoms with van der Waals surface area (Å²) in [5.41, 5.74) is 2.48. The minimum atomic E-state index is -0.416. The normalized spacial score (nSPS) is 12.1. The molecule has 0 aliphatic rings. The van der Waals surface area contributed by atoms with Gasteiger partial charge in [-0.15, -0.1) is 10.2 Å². The molecule has 1 unspecified atom stereocenters. The average molecular weight is 439 g/mol. The van der Waals surface area contributed by atoms with Crippen LogP contribution < -0.4 is 15.7 Å². The lowest BCUT2D eigenvalue weighted by Gasteiger charge is -2.13. The zero-order chi connectivity index (χ0) is 22.0. The van der Waals surface area contributed by atoms with E-state index in [4.69, 9.17) is 4.74 Å². The average Bonchev–Trinajstić information content (AvgIpc) is 3.35. The van der Waals surface area contributed by atoms with Gasteiger partial charge in [0.2, 0.25) is 5.91 Å². The van der Waals surface area contributed by atoms with Gasteiger partial charge in [0, 0.05) is 12.2 Å². The van der Waals surface area contributed by atoms with Crippen molar-refractivity contribution in [3.63, 3.8) is 0 Å². The van der Waals surface area contributed by atoms with Crippen molar-refractivity contribution >= 4 is 34.4 Å². The molecular weight excluding hydrogens is 416 g/mol. The van der Waals surface area contributed by atoms with Crippen LogP contribution in [-0.2, 0) is 11.3 Å². The SMILES string of the molecule is CCn1c(SC(C)C(=O)Nc2ccc3[nH]c(=O)[nH]c3c2)nnc1-c1ccccc1OC. The fraction of sp³-hybridized carbons (Fsp3) is 0.238. The van der Waals surface area contributed by atoms with Crippen LogP contribution >= 0.6 is 11.8 Å². The number of methoxy groups -OCH3 is 1. The van der Waals surface area contributed by atoms with Gasteiger partial charge in [-0.25, -0.2) is 4.79 Å². The Hall–Kier alpha value is -3.53. The largest absolute Gasteiger partial charge is 0.496 e. The summed E-state index contributed by atoms with van der Waals surface area (Å²) in [5.74, 6) is 1.23. The number of fused-ring (bicyclic) bond motifs is 1. The van der Waals surface area contributed by atoms with Crippen molar-refractivity contribution in [2.24, 2.45) is 0 Å². The summed E-state index contributed by atoms with van der Waals surface area (Å²) in [6.45, 7) is 4.46. The predicted molar refractivity (Wildman–Crippen MR) is 121 cm³/mol. The summed E-state index contributed by atoms with van der Waals surface area (Å²) in [4.78, 5) is 29.5. The number of H-pyrrole nitrogens is 2. The number of hydrogen-bond acceptors (Lipinski definition) is 6. The molecule has 4 aromatic rings. The molecule has 3 N–H and O–H groups in total. The standard InChI is InChI=1S/C21H22N6O3S/c1-4-27-18(14-7-5-6-8-17(14)30-3)25-26-21(27)31-12(2)19(28)22-13-9-10-15-16(11-13)24-20(29)23-15/h5-12H,4H2,1-3H3,(H,22,28)(H2,23,24,29). The quantitative estimate of drug-likeness (QED) is 0.381. The van der Waals surface area contributed by atoms with Gasteiger partial charge in [-0.05, 0) is 44.2 Å². The molecule has 1 amide bonds. The molecule has 0 bridgehead atoms. The lowest BCUT2D eigenvalue weighted by molar-refractivity contribution is -0.115. The fourth-order valence-electron chi connectivity index (χ4n) is 3.26. The highest BCUT2D eigenvalue weighted by Crippen LogP contribution is 2.32. The molecular formula is C21H22N6O3S. The van der Waals surface area contributed by atoms with Gasteiger partial charge in [0.05, 0.1) is 29.0 Å². The second kappa shape index (κ2) is 8.68. The van der Waals surface area contributed by atoms with Crippen molar-refractivity contribution in [3.8, 4) is 17.1 Å². The van der Waals surface area contributed by atoms with Crippen molar-refractivity contribution in [3.05, 3.63) is 52.9 Å². The highest BCUT2D eigenvalue weighted by molar-refractivity contribution is 8.00. The van der Waals surface area contributed by atoms with Crippen LogP contribution in [0.15, 0.2) is 52.4 Å². The van der Waals surface area contributed by atoms with Gasteiger partial charge in [0.15, 0.2) is 11.0 Å². The number of aromatic nitrogens is 5. The molecule has 31 heavy (non-hydrogen) atoms. The predicted octanol–water partition coefficient (Wildman–Crippen LogP) is 3.26. The molecule has 9 nitrogen and oxygen atoms in total. The third kappa shape index (κ3) is 4.19. The minimum absolute atomic E-state index is 0.174. The van der Waals surface area contributed by atoms with Crippen molar-refractivity contribution in [1.29, 1.82) is 0 Å². The number of aromatic amines is 2. The topological polar surface area (TPSA) is 118 Å². The summed E-state index contributed by atoms with van der Waals surface area (Å²) >= 11 is 1.33. The first-order valence-corrected chi connectivity index (χ1v) is 10.6. The zero-order valence-electron chi connectivity index (χ0n) is 17.3. The minimum Gasteiger partial charge on any atom is -0.496 e. The van der Waals surface area contributed by atoms with Crippen LogP contribution in [0.1, 0.15) is 13.8 Å². The Labute approximate surface area is 182 Å². The molecule has 0 fully saturated rings. The first kappa shape index (κ1) is 20.7. The number of ether oxygens (including phenoxy) is 1. The Morgan fingerprint density at radius 3 is 2.74 bits per heavy atom. The molecule has 0 aliphatic carbocycles. The second-order valence-electron chi connectivity index (χ2n) is 6.84. The Balaban J connectivity index is 1.52. The number of hydrogen-bond donors (Lipinski definition) is 3. The van der Waals surface area contributed by atoms with E-state index in [0.29, 0.717) is 40.0 Å². The van der Waals surface area contributed by atoms with Gasteiger partial charge >= 0.3 is 5.69 Å². The number of anilines is 1. The van der Waals surface area contributed by atoms with Gasteiger partial charge in [-0.1, -0.05) is 23.9 Å². The second-order valence-corrected chi connectivity index (χ2v) is 8.15. The molecule has 1 atom stereocenters. The number of nitrogens with one attached hydrogen (secondary N) is 3. The lowest BCUT2D eigenvalue weighted by atomic mass is 10.2. The maximum absolute atomic E-state index is 12.7. The van der Waals surface area contributed by atoms with E-state index < -0.39 is 5.25 Å². The number of imidazole rings is 1. The van der Waals surface area contributed by atoms with E-state index >= 15 is 0 Å². The molecule has 0 saturated carbocycles. The van der Waals surface area contributed by atoms with Gasteiger partial charge in [-0.3, -0.25) is 4.79 Å². The van der Waals surface area contributed by atoms with Crippen LogP contribution in [0.3, 0.4) is 0 Å². The van der Waals surface area contributed by atoms with Gasteiger partial charge < -0.3 is 24.6 Å². The van der Waals surface area contributed by atoms with Crippen LogP contribution in [0.2, 0.25) is 0 Å². The van der Waals surface area contributed by atoms with Crippen molar-refractivity contribution in [2.45, 2.75) is 30.8 Å². The van der Waals surface area contributed by atoms with Crippen LogP contribution in [0, 0.1) is 0 Å². The number of carbonyl (C=O) groups excluding carboxylic acids is 1. The van der Waals surface area contributed by atoms with E-state index in [0.717, 1.165) is 5.56 Å². The Morgan fingerprint density at radius 1 is 1.19 bits per heavy atom. The molecule has 0 spiro atoms. The molecule has 2 heterocycles. The Bertz CT molecular complexity index is 1290. The summed E-state index contributed by atoms with van der Waals surface area (Å²) in [7, 11) is 1.62. The molecule has 160 valence electrons. The number of para-hydroxylation sites is 1. The van der Waals surface area contributed by atoms with E-state index in [9.17, 15) is 9.59 Å². The number of benzene rings is 2. The summed E-state index contributed by atoms with van der Waals surface area (Å²) < 4.78 is 7.41. The molecule has 2 aromatic carbocycles. The third-order valence-corrected chi connectivity index (χ3v) is 5.90. The highest BCUT2D eigenvalue weighted by atomic mass is 32.2. The van der Waals surface area contributed by atoms with E-state index in [-0.39, 0.29) is 11.6 Å². The lowest BCUT2D eigenvalue weighted by Crippen LogP contribution is -2.23. The smallest absolute Gasteiger partial charge is 0.323 e. The Morgan fingerprint density at radius 2 is 1.97 bits per heavy atom. The van der Waals surface area contributed by atoms with E-state index in [1.807, 2.05) is 42.7 Å². The third-order valence-electron chi connectivity index (χ3n) is 4.82. The molecule has 2 aromatic heterocycles. The van der Waals surface area contributed by atoms with E-state index in [1.165, 1.54) is 11.8 Å². The molecule has 4 rings (SSSR count). The first-order chi connectivity index (χ1) is 15.0. The molecule has 0 radical (unpaired) electrons. The van der Waals surface area contributed by atoms with Crippen molar-refractivity contribution in [2.75, 3.05) is 12.4 Å². The number of amides is 1. The van der Waals surface area contributed by atoms with Crippen LogP contribution in [0.5, 0.6) is 5.75 Å². The summed E-state index contributed by atoms with van der Waals surface area (Å²) in [6, 6.07) is 12.8. The van der Waals surface area contributed by atoms with Crippen LogP contribution in [-0.4, -0.2) is 43.0 Å². The molecule has 10 heteroatoms. The molecule has 0 saturated heterocycles. The van der Waals surface area contributed by atoms with Crippen LogP contribution in [0.4, 0.5) is 5.69 Å². The zero-order valence-corrected chi connectivity index (χ0v) is 18.1. The van der Waals surface area contributed by atoms with Gasteiger partial charge in [-0.2, -0.15) is 0 Å². The van der Waals surface area contributed by atoms with Crippen molar-refractivity contribution in [1.82, 2.24) is 24.7 Å². The van der Waals surface area contributed by atoms with E-state index in [1.54, 1.807) is 25.3 Å². The van der Waals surface area contributed by atoms with Gasteiger partial charge in [0.25, 0.3) is 0 Å². The van der Waals surface area contributed by atoms with Crippen molar-refractivity contribution < 1.29 is 9.53 Å². The highest BCUT2D eigenvalue weighted by Gasteiger charge is 2.21. The fourth-order valence-corrected chi connectivity index (χ4v) is 4.17. The van der Waals surface area contributed by atoms with Crippen LogP contribution in [0.25, 0.3) is 22.4 Å². The summed E-state index contributed by atoms with van der Waals surface area (Å²) in [5, 5.41) is 11.8.